The lowest BCUT2D eigenvalue weighted by Crippen LogP contribution is -1.90. The van der Waals surface area contributed by atoms with Crippen molar-refractivity contribution in [2.75, 3.05) is 0 Å². The molecule has 0 N–H and O–H groups in total. The molecule has 0 unspecified atom stereocenters. The van der Waals surface area contributed by atoms with E-state index in [4.69, 9.17) is 27.9 Å². The fourth-order valence-electron chi connectivity index (χ4n) is 1.80. The Morgan fingerprint density at radius 2 is 1.74 bits per heavy atom. The van der Waals surface area contributed by atoms with Gasteiger partial charge in [-0.05, 0) is 54.8 Å². The number of halogens is 3. The van der Waals surface area contributed by atoms with E-state index in [0.717, 1.165) is 26.9 Å². The van der Waals surface area contributed by atoms with Crippen LogP contribution in [-0.2, 0) is 5.88 Å². The molecule has 2 aromatic rings. The van der Waals surface area contributed by atoms with E-state index in [1.54, 1.807) is 0 Å². The number of aryl methyl sites for hydroxylation is 2. The van der Waals surface area contributed by atoms with Gasteiger partial charge >= 0.3 is 0 Å². The van der Waals surface area contributed by atoms with Crippen molar-refractivity contribution in [2.24, 2.45) is 0 Å². The van der Waals surface area contributed by atoms with Crippen LogP contribution in [0.15, 0.2) is 34.8 Å². The van der Waals surface area contributed by atoms with Crippen LogP contribution in [-0.4, -0.2) is 0 Å². The topological polar surface area (TPSA) is 9.23 Å². The van der Waals surface area contributed by atoms with E-state index in [2.05, 4.69) is 15.9 Å². The molecule has 0 atom stereocenters. The monoisotopic (exact) mass is 358 g/mol. The minimum atomic E-state index is 0.441. The summed E-state index contributed by atoms with van der Waals surface area (Å²) in [6.45, 7) is 4.06. The Balaban J connectivity index is 2.31. The van der Waals surface area contributed by atoms with Gasteiger partial charge in [0.05, 0.1) is 5.02 Å². The Morgan fingerprint density at radius 3 is 2.26 bits per heavy atom. The Morgan fingerprint density at radius 1 is 1.11 bits per heavy atom. The van der Waals surface area contributed by atoms with Gasteiger partial charge < -0.3 is 4.74 Å². The smallest absolute Gasteiger partial charge is 0.146 e. The zero-order valence-electron chi connectivity index (χ0n) is 10.6. The molecule has 0 amide bonds. The van der Waals surface area contributed by atoms with Gasteiger partial charge in [-0.2, -0.15) is 0 Å². The van der Waals surface area contributed by atoms with Crippen LogP contribution in [0, 0.1) is 13.8 Å². The van der Waals surface area contributed by atoms with Crippen LogP contribution in [0.25, 0.3) is 0 Å². The van der Waals surface area contributed by atoms with Crippen molar-refractivity contribution in [1.29, 1.82) is 0 Å². The minimum Gasteiger partial charge on any atom is -0.456 e. The first kappa shape index (κ1) is 14.7. The first-order valence-electron chi connectivity index (χ1n) is 5.80. The summed E-state index contributed by atoms with van der Waals surface area (Å²) in [6.07, 6.45) is 0. The first-order valence-corrected chi connectivity index (χ1v) is 7.51. The standard InChI is InChI=1S/C15H13BrCl2O/c1-9-5-12(6-10(2)15(9)16)19-14-4-3-11(8-17)7-13(14)18/h3-7H,8H2,1-2H3. The molecule has 2 aromatic carbocycles. The van der Waals surface area contributed by atoms with Gasteiger partial charge in [-0.3, -0.25) is 0 Å². The van der Waals surface area contributed by atoms with Crippen molar-refractivity contribution < 1.29 is 4.74 Å². The molecular formula is C15H13BrCl2O. The fraction of sp³-hybridized carbons (Fsp3) is 0.200. The maximum absolute atomic E-state index is 6.18. The van der Waals surface area contributed by atoms with Crippen molar-refractivity contribution in [2.45, 2.75) is 19.7 Å². The van der Waals surface area contributed by atoms with Crippen LogP contribution in [0.3, 0.4) is 0 Å². The highest BCUT2D eigenvalue weighted by molar-refractivity contribution is 9.10. The second kappa shape index (κ2) is 6.17. The second-order valence-corrected chi connectivity index (χ2v) is 5.84. The molecule has 0 aliphatic rings. The maximum atomic E-state index is 6.18. The quantitative estimate of drug-likeness (QED) is 0.588. The third-order valence-corrected chi connectivity index (χ3v) is 4.64. The molecule has 4 heteroatoms. The predicted molar refractivity (Wildman–Crippen MR) is 84.7 cm³/mol. The lowest BCUT2D eigenvalue weighted by molar-refractivity contribution is 0.482. The van der Waals surface area contributed by atoms with Gasteiger partial charge in [0, 0.05) is 10.4 Å². The molecule has 19 heavy (non-hydrogen) atoms. The molecule has 0 aliphatic carbocycles. The molecule has 0 saturated heterocycles. The Bertz CT molecular complexity index is 588. The lowest BCUT2D eigenvalue weighted by atomic mass is 10.1. The summed E-state index contributed by atoms with van der Waals surface area (Å²) in [5.41, 5.74) is 3.23. The van der Waals surface area contributed by atoms with Gasteiger partial charge in [0.15, 0.2) is 0 Å². The van der Waals surface area contributed by atoms with Crippen LogP contribution in [0.1, 0.15) is 16.7 Å². The molecule has 0 fully saturated rings. The normalized spacial score (nSPS) is 10.6. The van der Waals surface area contributed by atoms with Crippen LogP contribution in [0.2, 0.25) is 5.02 Å². The summed E-state index contributed by atoms with van der Waals surface area (Å²) in [6, 6.07) is 9.52. The van der Waals surface area contributed by atoms with E-state index in [-0.39, 0.29) is 0 Å². The van der Waals surface area contributed by atoms with Gasteiger partial charge in [0.1, 0.15) is 11.5 Å². The van der Waals surface area contributed by atoms with E-state index in [1.165, 1.54) is 0 Å². The van der Waals surface area contributed by atoms with Crippen LogP contribution in [0.5, 0.6) is 11.5 Å². The number of benzene rings is 2. The molecular weight excluding hydrogens is 347 g/mol. The summed E-state index contributed by atoms with van der Waals surface area (Å²) in [5, 5.41) is 0.566. The van der Waals surface area contributed by atoms with Gasteiger partial charge in [0.2, 0.25) is 0 Å². The zero-order valence-corrected chi connectivity index (χ0v) is 13.7. The first-order chi connectivity index (χ1) is 9.01. The van der Waals surface area contributed by atoms with Gasteiger partial charge in [-0.15, -0.1) is 11.6 Å². The Kier molecular flexibility index (Phi) is 4.77. The van der Waals surface area contributed by atoms with Crippen LogP contribution >= 0.6 is 39.1 Å². The molecule has 2 rings (SSSR count). The number of ether oxygens (including phenoxy) is 1. The van der Waals surface area contributed by atoms with E-state index >= 15 is 0 Å². The van der Waals surface area contributed by atoms with Crippen molar-refractivity contribution >= 4 is 39.1 Å². The van der Waals surface area contributed by atoms with Crippen molar-refractivity contribution in [3.8, 4) is 11.5 Å². The second-order valence-electron chi connectivity index (χ2n) is 4.37. The molecule has 0 saturated carbocycles. The molecule has 0 bridgehead atoms. The number of alkyl halides is 1. The molecule has 100 valence electrons. The molecule has 0 aliphatic heterocycles. The van der Waals surface area contributed by atoms with Gasteiger partial charge in [-0.1, -0.05) is 33.6 Å². The Hall–Kier alpha value is -0.700. The van der Waals surface area contributed by atoms with Crippen LogP contribution < -0.4 is 4.74 Å². The van der Waals surface area contributed by atoms with Gasteiger partial charge in [0.25, 0.3) is 0 Å². The molecule has 0 heterocycles. The largest absolute Gasteiger partial charge is 0.456 e. The third-order valence-electron chi connectivity index (χ3n) is 2.79. The highest BCUT2D eigenvalue weighted by atomic mass is 79.9. The predicted octanol–water partition coefficient (Wildman–Crippen LogP) is 6.25. The van der Waals surface area contributed by atoms with E-state index in [1.807, 2.05) is 44.2 Å². The summed E-state index contributed by atoms with van der Waals surface area (Å²) < 4.78 is 6.93. The van der Waals surface area contributed by atoms with Crippen molar-refractivity contribution in [3.05, 3.63) is 56.5 Å². The molecule has 1 nitrogen and oxygen atoms in total. The van der Waals surface area contributed by atoms with Crippen LogP contribution in [0.4, 0.5) is 0 Å². The molecule has 0 radical (unpaired) electrons. The average molecular weight is 360 g/mol. The molecule has 0 aromatic heterocycles. The summed E-state index contributed by atoms with van der Waals surface area (Å²) in [5.74, 6) is 1.85. The van der Waals surface area contributed by atoms with Crippen molar-refractivity contribution in [3.63, 3.8) is 0 Å². The van der Waals surface area contributed by atoms with Crippen molar-refractivity contribution in [1.82, 2.24) is 0 Å². The highest BCUT2D eigenvalue weighted by Crippen LogP contribution is 2.33. The average Bonchev–Trinajstić information content (AvgIpc) is 2.38. The minimum absolute atomic E-state index is 0.441. The summed E-state index contributed by atoms with van der Waals surface area (Å²) >= 11 is 15.5. The van der Waals surface area contributed by atoms with E-state index in [9.17, 15) is 0 Å². The fourth-order valence-corrected chi connectivity index (χ4v) is 2.44. The van der Waals surface area contributed by atoms with E-state index in [0.29, 0.717) is 16.7 Å². The third kappa shape index (κ3) is 3.44. The maximum Gasteiger partial charge on any atom is 0.146 e. The summed E-state index contributed by atoms with van der Waals surface area (Å²) in [7, 11) is 0. The SMILES string of the molecule is Cc1cc(Oc2ccc(CCl)cc2Cl)cc(C)c1Br. The number of hydrogen-bond acceptors (Lipinski definition) is 1. The Labute approximate surface area is 131 Å². The van der Waals surface area contributed by atoms with Gasteiger partial charge in [-0.25, -0.2) is 0 Å². The zero-order chi connectivity index (χ0) is 14.0. The summed E-state index contributed by atoms with van der Waals surface area (Å²) in [4.78, 5) is 0. The lowest BCUT2D eigenvalue weighted by Gasteiger charge is -2.11. The number of rotatable bonds is 3. The molecule has 0 spiro atoms. The highest BCUT2D eigenvalue weighted by Gasteiger charge is 2.07. The number of hydrogen-bond donors (Lipinski definition) is 0. The van der Waals surface area contributed by atoms with E-state index < -0.39 is 0 Å².